The van der Waals surface area contributed by atoms with E-state index >= 15 is 0 Å². The maximum absolute atomic E-state index is 2.47. The Morgan fingerprint density at radius 2 is 0.694 bits per heavy atom. The van der Waals surface area contributed by atoms with Gasteiger partial charge in [0.2, 0.25) is 0 Å². The predicted octanol–water partition coefficient (Wildman–Crippen LogP) is 16.6. The molecule has 0 atom stereocenters. The quantitative estimate of drug-likeness (QED) is 0.141. The van der Waals surface area contributed by atoms with Crippen molar-refractivity contribution in [2.45, 2.75) is 0 Å². The van der Waals surface area contributed by atoms with Crippen LogP contribution in [0.1, 0.15) is 0 Å². The summed E-state index contributed by atoms with van der Waals surface area (Å²) in [5, 5.41) is 2.49. The van der Waals surface area contributed by atoms with Crippen LogP contribution in [0.3, 0.4) is 0 Å². The molecular weight excluding hydrogens is 749 g/mol. The van der Waals surface area contributed by atoms with Gasteiger partial charge in [-0.25, -0.2) is 0 Å². The predicted molar refractivity (Wildman–Crippen MR) is 263 cm³/mol. The van der Waals surface area contributed by atoms with E-state index in [0.29, 0.717) is 0 Å². The fourth-order valence-electron chi connectivity index (χ4n) is 9.16. The Labute approximate surface area is 362 Å². The third-order valence-corrected chi connectivity index (χ3v) is 12.0. The summed E-state index contributed by atoms with van der Waals surface area (Å²) in [4.78, 5) is 2.47. The van der Waals surface area contributed by atoms with Gasteiger partial charge in [0, 0.05) is 33.3 Å². The molecule has 0 fully saturated rings. The molecule has 1 aromatic heterocycles. The van der Waals surface area contributed by atoms with Crippen molar-refractivity contribution in [1.82, 2.24) is 4.57 Å². The molecule has 11 aromatic rings. The number of rotatable bonds is 9. The summed E-state index contributed by atoms with van der Waals surface area (Å²) in [6, 6.07) is 92.2. The maximum atomic E-state index is 2.47. The van der Waals surface area contributed by atoms with Gasteiger partial charge in [-0.05, 0) is 105 Å². The highest BCUT2D eigenvalue weighted by Crippen LogP contribution is 2.47. The first-order valence-corrected chi connectivity index (χ1v) is 21.3. The number of aromatic nitrogens is 1. The van der Waals surface area contributed by atoms with Crippen LogP contribution in [0.4, 0.5) is 17.1 Å². The summed E-state index contributed by atoms with van der Waals surface area (Å²) in [5.41, 5.74) is 18.5. The molecule has 0 radical (unpaired) electrons. The molecule has 0 N–H and O–H groups in total. The van der Waals surface area contributed by atoms with E-state index in [-0.39, 0.29) is 0 Å². The molecule has 0 saturated carbocycles. The number of hydrogen-bond acceptors (Lipinski definition) is 1. The van der Waals surface area contributed by atoms with Crippen LogP contribution in [-0.4, -0.2) is 4.57 Å². The van der Waals surface area contributed by atoms with Crippen molar-refractivity contribution in [3.05, 3.63) is 255 Å². The zero-order chi connectivity index (χ0) is 41.2. The van der Waals surface area contributed by atoms with Crippen molar-refractivity contribution in [1.29, 1.82) is 0 Å². The molecule has 2 heteroatoms. The molecule has 0 aliphatic carbocycles. The van der Waals surface area contributed by atoms with E-state index in [4.69, 9.17) is 0 Å². The van der Waals surface area contributed by atoms with Crippen molar-refractivity contribution in [2.24, 2.45) is 0 Å². The fraction of sp³-hybridized carbons (Fsp3) is 0. The van der Waals surface area contributed by atoms with E-state index in [9.17, 15) is 0 Å². The number of anilines is 3. The molecule has 0 unspecified atom stereocenters. The molecule has 0 bridgehead atoms. The van der Waals surface area contributed by atoms with Gasteiger partial charge in [0.15, 0.2) is 0 Å². The third kappa shape index (κ3) is 6.74. The molecular formula is C60H42N2. The second kappa shape index (κ2) is 16.1. The molecule has 11 rings (SSSR count). The first-order chi connectivity index (χ1) is 30.8. The standard InChI is InChI=1S/C60H42N2/c1-5-21-43(22-6-1)48-40-49(44-23-7-2-8-24-44)42-51(41-48)62(56-35-16-13-31-52(56)45-25-9-3-10-26-45)57-36-17-14-32-53(57)46-27-19-28-47(39-46)54-34-20-38-59-60(54)55-33-15-18-37-58(55)61(59)50-29-11-4-12-30-50/h1-42H. The molecule has 0 aliphatic rings. The number of benzene rings is 10. The van der Waals surface area contributed by atoms with E-state index in [0.717, 1.165) is 56.1 Å². The molecule has 292 valence electrons. The van der Waals surface area contributed by atoms with E-state index in [1.165, 1.54) is 44.1 Å². The molecule has 1 heterocycles. The van der Waals surface area contributed by atoms with Crippen molar-refractivity contribution in [3.63, 3.8) is 0 Å². The van der Waals surface area contributed by atoms with Gasteiger partial charge < -0.3 is 9.47 Å². The summed E-state index contributed by atoms with van der Waals surface area (Å²) in [5.74, 6) is 0. The number of nitrogens with zero attached hydrogens (tertiary/aromatic N) is 2. The summed E-state index contributed by atoms with van der Waals surface area (Å²) in [6.07, 6.45) is 0. The average Bonchev–Trinajstić information content (AvgIpc) is 3.70. The minimum atomic E-state index is 1.08. The lowest BCUT2D eigenvalue weighted by Gasteiger charge is -2.31. The van der Waals surface area contributed by atoms with Gasteiger partial charge in [0.05, 0.1) is 22.4 Å². The van der Waals surface area contributed by atoms with Gasteiger partial charge in [-0.2, -0.15) is 0 Å². The maximum Gasteiger partial charge on any atom is 0.0547 e. The van der Waals surface area contributed by atoms with Gasteiger partial charge in [-0.3, -0.25) is 0 Å². The van der Waals surface area contributed by atoms with Gasteiger partial charge in [-0.1, -0.05) is 194 Å². The van der Waals surface area contributed by atoms with E-state index < -0.39 is 0 Å². The molecule has 0 saturated heterocycles. The second-order valence-electron chi connectivity index (χ2n) is 15.7. The molecule has 0 spiro atoms. The monoisotopic (exact) mass is 790 g/mol. The Morgan fingerprint density at radius 1 is 0.274 bits per heavy atom. The zero-order valence-electron chi connectivity index (χ0n) is 34.1. The van der Waals surface area contributed by atoms with Crippen LogP contribution in [-0.2, 0) is 0 Å². The SMILES string of the molecule is c1ccc(-c2cc(-c3ccccc3)cc(N(c3ccccc3-c3ccccc3)c3ccccc3-c3cccc(-c4cccc5c4c4ccccc4n5-c4ccccc4)c3)c2)cc1. The normalized spacial score (nSPS) is 11.2. The third-order valence-electron chi connectivity index (χ3n) is 12.0. The number of fused-ring (bicyclic) bond motifs is 3. The summed E-state index contributed by atoms with van der Waals surface area (Å²) in [6.45, 7) is 0. The molecule has 2 nitrogen and oxygen atoms in total. The smallest absolute Gasteiger partial charge is 0.0547 e. The van der Waals surface area contributed by atoms with Crippen molar-refractivity contribution in [2.75, 3.05) is 4.90 Å². The van der Waals surface area contributed by atoms with Crippen LogP contribution in [0, 0.1) is 0 Å². The summed E-state index contributed by atoms with van der Waals surface area (Å²) in [7, 11) is 0. The largest absolute Gasteiger partial charge is 0.309 e. The molecule has 0 aliphatic heterocycles. The van der Waals surface area contributed by atoms with E-state index in [2.05, 4.69) is 264 Å². The lowest BCUT2D eigenvalue weighted by atomic mass is 9.93. The minimum absolute atomic E-state index is 1.08. The van der Waals surface area contributed by atoms with Gasteiger partial charge in [0.1, 0.15) is 0 Å². The first kappa shape index (κ1) is 36.8. The highest BCUT2D eigenvalue weighted by atomic mass is 15.1. The van der Waals surface area contributed by atoms with Crippen LogP contribution < -0.4 is 4.90 Å². The van der Waals surface area contributed by atoms with Crippen LogP contribution >= 0.6 is 0 Å². The Balaban J connectivity index is 1.14. The van der Waals surface area contributed by atoms with Crippen LogP contribution in [0.2, 0.25) is 0 Å². The fourth-order valence-corrected chi connectivity index (χ4v) is 9.16. The highest BCUT2D eigenvalue weighted by Gasteiger charge is 2.23. The van der Waals surface area contributed by atoms with E-state index in [1.54, 1.807) is 0 Å². The summed E-state index contributed by atoms with van der Waals surface area (Å²) < 4.78 is 2.39. The van der Waals surface area contributed by atoms with E-state index in [1.807, 2.05) is 0 Å². The van der Waals surface area contributed by atoms with Crippen LogP contribution in [0.15, 0.2) is 255 Å². The Kier molecular flexibility index (Phi) is 9.57. The summed E-state index contributed by atoms with van der Waals surface area (Å²) >= 11 is 0. The lowest BCUT2D eigenvalue weighted by Crippen LogP contribution is -2.13. The minimum Gasteiger partial charge on any atom is -0.309 e. The van der Waals surface area contributed by atoms with Crippen LogP contribution in [0.25, 0.3) is 83.1 Å². The second-order valence-corrected chi connectivity index (χ2v) is 15.7. The number of hydrogen-bond donors (Lipinski definition) is 0. The topological polar surface area (TPSA) is 8.17 Å². The lowest BCUT2D eigenvalue weighted by molar-refractivity contribution is 1.18. The molecule has 10 aromatic carbocycles. The first-order valence-electron chi connectivity index (χ1n) is 21.3. The van der Waals surface area contributed by atoms with Crippen molar-refractivity contribution < 1.29 is 0 Å². The Hall–Kier alpha value is -8.20. The van der Waals surface area contributed by atoms with Crippen LogP contribution in [0.5, 0.6) is 0 Å². The Morgan fingerprint density at radius 3 is 1.32 bits per heavy atom. The van der Waals surface area contributed by atoms with Gasteiger partial charge in [-0.15, -0.1) is 0 Å². The van der Waals surface area contributed by atoms with Crippen molar-refractivity contribution >= 4 is 38.9 Å². The average molecular weight is 791 g/mol. The highest BCUT2D eigenvalue weighted by molar-refractivity contribution is 6.16. The van der Waals surface area contributed by atoms with Crippen molar-refractivity contribution in [3.8, 4) is 61.3 Å². The van der Waals surface area contributed by atoms with Gasteiger partial charge in [0.25, 0.3) is 0 Å². The Bertz CT molecular complexity index is 3270. The zero-order valence-corrected chi connectivity index (χ0v) is 34.1. The molecule has 0 amide bonds. The van der Waals surface area contributed by atoms with Gasteiger partial charge >= 0.3 is 0 Å². The molecule has 62 heavy (non-hydrogen) atoms. The number of para-hydroxylation sites is 4.